The molecule has 0 rings (SSSR count). The molecule has 3 heteroatoms. The summed E-state index contributed by atoms with van der Waals surface area (Å²) in [4.78, 5) is 0. The Morgan fingerprint density at radius 3 is 2.27 bits per heavy atom. The summed E-state index contributed by atoms with van der Waals surface area (Å²) in [6.45, 7) is 8.30. The number of aliphatic hydroxyl groups is 1. The second kappa shape index (κ2) is 4.44. The summed E-state index contributed by atoms with van der Waals surface area (Å²) >= 11 is 0. The van der Waals surface area contributed by atoms with Crippen LogP contribution in [0.2, 0.25) is 0 Å². The quantitative estimate of drug-likeness (QED) is 0.627. The molecule has 0 saturated carbocycles. The van der Waals surface area contributed by atoms with Crippen LogP contribution in [0.4, 0.5) is 0 Å². The Labute approximate surface area is 68.5 Å². The normalized spacial score (nSPS) is 15.7. The first-order chi connectivity index (χ1) is 4.95. The van der Waals surface area contributed by atoms with Crippen molar-refractivity contribution in [1.29, 1.82) is 0 Å². The van der Waals surface area contributed by atoms with E-state index in [1.807, 2.05) is 27.7 Å². The lowest BCUT2D eigenvalue weighted by Crippen LogP contribution is -2.12. The monoisotopic (exact) mass is 158 g/mol. The fourth-order valence-corrected chi connectivity index (χ4v) is 0.476. The van der Waals surface area contributed by atoms with Gasteiger partial charge in [-0.2, -0.15) is 10.2 Å². The standard InChI is InChI=1S/C8H18N2O/c1-5-7(11)6-9-10-8(2,3)4/h7,11H,5-6H2,1-4H3. The van der Waals surface area contributed by atoms with Crippen LogP contribution in [0.5, 0.6) is 0 Å². The molecule has 0 fully saturated rings. The lowest BCUT2D eigenvalue weighted by molar-refractivity contribution is 0.176. The van der Waals surface area contributed by atoms with Gasteiger partial charge in [0.2, 0.25) is 0 Å². The minimum Gasteiger partial charge on any atom is -0.391 e. The predicted octanol–water partition coefficient (Wildman–Crippen LogP) is 2.01. The van der Waals surface area contributed by atoms with Gasteiger partial charge in [-0.1, -0.05) is 6.92 Å². The van der Waals surface area contributed by atoms with Crippen LogP contribution in [0.1, 0.15) is 34.1 Å². The Kier molecular flexibility index (Phi) is 4.26. The van der Waals surface area contributed by atoms with Gasteiger partial charge in [-0.25, -0.2) is 0 Å². The molecule has 1 atom stereocenters. The molecule has 11 heavy (non-hydrogen) atoms. The molecule has 0 aliphatic rings. The summed E-state index contributed by atoms with van der Waals surface area (Å²) in [7, 11) is 0. The highest BCUT2D eigenvalue weighted by molar-refractivity contribution is 4.67. The van der Waals surface area contributed by atoms with Crippen molar-refractivity contribution in [2.75, 3.05) is 6.54 Å². The summed E-state index contributed by atoms with van der Waals surface area (Å²) in [5.41, 5.74) is -0.118. The molecule has 1 unspecified atom stereocenters. The Morgan fingerprint density at radius 1 is 1.36 bits per heavy atom. The topological polar surface area (TPSA) is 45.0 Å². The molecule has 0 aliphatic heterocycles. The smallest absolute Gasteiger partial charge is 0.0858 e. The minimum absolute atomic E-state index is 0.118. The van der Waals surface area contributed by atoms with Crippen LogP contribution in [0.25, 0.3) is 0 Å². The maximum absolute atomic E-state index is 9.10. The van der Waals surface area contributed by atoms with E-state index < -0.39 is 0 Å². The molecular formula is C8H18N2O. The fraction of sp³-hybridized carbons (Fsp3) is 1.00. The lowest BCUT2D eigenvalue weighted by Gasteiger charge is -2.09. The molecular weight excluding hydrogens is 140 g/mol. The van der Waals surface area contributed by atoms with E-state index in [4.69, 9.17) is 5.11 Å². The molecule has 0 radical (unpaired) electrons. The van der Waals surface area contributed by atoms with Crippen LogP contribution < -0.4 is 0 Å². The number of azo groups is 1. The molecule has 0 saturated heterocycles. The van der Waals surface area contributed by atoms with E-state index in [1.165, 1.54) is 0 Å². The third kappa shape index (κ3) is 7.46. The fourth-order valence-electron chi connectivity index (χ4n) is 0.476. The van der Waals surface area contributed by atoms with Crippen molar-refractivity contribution in [2.24, 2.45) is 10.2 Å². The van der Waals surface area contributed by atoms with Crippen LogP contribution >= 0.6 is 0 Å². The highest BCUT2D eigenvalue weighted by Crippen LogP contribution is 2.06. The van der Waals surface area contributed by atoms with Crippen LogP contribution in [-0.4, -0.2) is 23.3 Å². The Balaban J connectivity index is 3.61. The molecule has 1 N–H and O–H groups in total. The van der Waals surface area contributed by atoms with E-state index >= 15 is 0 Å². The zero-order chi connectivity index (χ0) is 8.91. The SMILES string of the molecule is CCC(O)CN=NC(C)(C)C. The predicted molar refractivity (Wildman–Crippen MR) is 45.8 cm³/mol. The van der Waals surface area contributed by atoms with Crippen molar-refractivity contribution in [2.45, 2.75) is 45.8 Å². The van der Waals surface area contributed by atoms with E-state index in [-0.39, 0.29) is 11.6 Å². The summed E-state index contributed by atoms with van der Waals surface area (Å²) in [5, 5.41) is 17.0. The first kappa shape index (κ1) is 10.6. The van der Waals surface area contributed by atoms with Gasteiger partial charge in [-0.05, 0) is 27.2 Å². The molecule has 0 aromatic heterocycles. The van der Waals surface area contributed by atoms with E-state index in [0.717, 1.165) is 6.42 Å². The van der Waals surface area contributed by atoms with E-state index in [9.17, 15) is 0 Å². The van der Waals surface area contributed by atoms with Crippen molar-refractivity contribution in [1.82, 2.24) is 0 Å². The molecule has 0 bridgehead atoms. The van der Waals surface area contributed by atoms with Crippen molar-refractivity contribution < 1.29 is 5.11 Å². The van der Waals surface area contributed by atoms with Gasteiger partial charge in [0.25, 0.3) is 0 Å². The van der Waals surface area contributed by atoms with Gasteiger partial charge in [0.1, 0.15) is 0 Å². The first-order valence-corrected chi connectivity index (χ1v) is 4.02. The largest absolute Gasteiger partial charge is 0.391 e. The molecule has 0 aromatic carbocycles. The highest BCUT2D eigenvalue weighted by Gasteiger charge is 2.06. The van der Waals surface area contributed by atoms with Crippen molar-refractivity contribution >= 4 is 0 Å². The average molecular weight is 158 g/mol. The van der Waals surface area contributed by atoms with Gasteiger partial charge >= 0.3 is 0 Å². The number of hydrogen-bond acceptors (Lipinski definition) is 3. The summed E-state index contributed by atoms with van der Waals surface area (Å²) in [5.74, 6) is 0. The maximum atomic E-state index is 9.10. The molecule has 0 amide bonds. The van der Waals surface area contributed by atoms with Crippen LogP contribution in [0, 0.1) is 0 Å². The molecule has 0 aromatic rings. The van der Waals surface area contributed by atoms with Crippen LogP contribution in [-0.2, 0) is 0 Å². The van der Waals surface area contributed by atoms with Gasteiger partial charge in [-0.15, -0.1) is 0 Å². The van der Waals surface area contributed by atoms with E-state index in [2.05, 4.69) is 10.2 Å². The van der Waals surface area contributed by atoms with Crippen LogP contribution in [0.3, 0.4) is 0 Å². The summed E-state index contributed by atoms with van der Waals surface area (Å²) < 4.78 is 0. The number of aliphatic hydroxyl groups excluding tert-OH is 1. The molecule has 0 aliphatic carbocycles. The van der Waals surface area contributed by atoms with Gasteiger partial charge < -0.3 is 5.11 Å². The summed E-state index contributed by atoms with van der Waals surface area (Å²) in [6.07, 6.45) is 0.407. The van der Waals surface area contributed by atoms with E-state index in [0.29, 0.717) is 6.54 Å². The third-order valence-corrected chi connectivity index (χ3v) is 1.13. The van der Waals surface area contributed by atoms with E-state index in [1.54, 1.807) is 0 Å². The third-order valence-electron chi connectivity index (χ3n) is 1.13. The minimum atomic E-state index is -0.332. The van der Waals surface area contributed by atoms with Gasteiger partial charge in [0.05, 0.1) is 18.2 Å². The Bertz CT molecular complexity index is 127. The van der Waals surface area contributed by atoms with Crippen LogP contribution in [0.15, 0.2) is 10.2 Å². The zero-order valence-corrected chi connectivity index (χ0v) is 7.83. The second-order valence-electron chi connectivity index (χ2n) is 3.66. The van der Waals surface area contributed by atoms with Crippen molar-refractivity contribution in [3.63, 3.8) is 0 Å². The first-order valence-electron chi connectivity index (χ1n) is 4.02. The van der Waals surface area contributed by atoms with Gasteiger partial charge in [-0.3, -0.25) is 0 Å². The number of rotatable bonds is 3. The Morgan fingerprint density at radius 2 is 1.91 bits per heavy atom. The molecule has 0 heterocycles. The molecule has 66 valence electrons. The second-order valence-corrected chi connectivity index (χ2v) is 3.66. The average Bonchev–Trinajstić information content (AvgIpc) is 1.85. The maximum Gasteiger partial charge on any atom is 0.0858 e. The zero-order valence-electron chi connectivity index (χ0n) is 7.83. The van der Waals surface area contributed by atoms with Gasteiger partial charge in [0.15, 0.2) is 0 Å². The summed E-state index contributed by atoms with van der Waals surface area (Å²) in [6, 6.07) is 0. The van der Waals surface area contributed by atoms with Crippen molar-refractivity contribution in [3.8, 4) is 0 Å². The number of nitrogens with zero attached hydrogens (tertiary/aromatic N) is 2. The molecule has 0 spiro atoms. The molecule has 3 nitrogen and oxygen atoms in total. The number of hydrogen-bond donors (Lipinski definition) is 1. The Hall–Kier alpha value is -0.440. The lowest BCUT2D eigenvalue weighted by atomic mass is 10.1. The highest BCUT2D eigenvalue weighted by atomic mass is 16.3. The van der Waals surface area contributed by atoms with Crippen molar-refractivity contribution in [3.05, 3.63) is 0 Å². The van der Waals surface area contributed by atoms with Gasteiger partial charge in [0, 0.05) is 0 Å².